The molecular weight excluding hydrogens is 519 g/mol. The molecule has 0 aliphatic carbocycles. The van der Waals surface area contributed by atoms with E-state index in [2.05, 4.69) is 21.2 Å². The van der Waals surface area contributed by atoms with Crippen molar-refractivity contribution in [2.75, 3.05) is 6.54 Å². The largest absolute Gasteiger partial charge is 0.354 e. The molecule has 1 N–H and O–H groups in total. The lowest BCUT2D eigenvalue weighted by Crippen LogP contribution is -2.51. The molecule has 0 saturated heterocycles. The van der Waals surface area contributed by atoms with Gasteiger partial charge in [0.2, 0.25) is 11.8 Å². The molecule has 0 bridgehead atoms. The zero-order valence-electron chi connectivity index (χ0n) is 18.9. The number of amides is 2. The first-order valence-corrected chi connectivity index (χ1v) is 12.3. The molecule has 0 aliphatic heterocycles. The van der Waals surface area contributed by atoms with Crippen molar-refractivity contribution in [2.24, 2.45) is 0 Å². The maximum atomic E-state index is 14.5. The summed E-state index contributed by atoms with van der Waals surface area (Å²) in [6.07, 6.45) is 0.868. The van der Waals surface area contributed by atoms with Crippen molar-refractivity contribution >= 4 is 39.3 Å². The second-order valence-corrected chi connectivity index (χ2v) is 9.34. The van der Waals surface area contributed by atoms with E-state index >= 15 is 0 Å². The van der Waals surface area contributed by atoms with E-state index in [0.29, 0.717) is 13.0 Å². The van der Waals surface area contributed by atoms with E-state index in [0.717, 1.165) is 22.0 Å². The molecule has 0 aliphatic rings. The predicted octanol–water partition coefficient (Wildman–Crippen LogP) is 5.95. The van der Waals surface area contributed by atoms with Crippen molar-refractivity contribution < 1.29 is 14.0 Å². The van der Waals surface area contributed by atoms with Crippen LogP contribution in [0.2, 0.25) is 5.02 Å². The summed E-state index contributed by atoms with van der Waals surface area (Å²) >= 11 is 9.63. The van der Waals surface area contributed by atoms with E-state index < -0.39 is 11.9 Å². The zero-order chi connectivity index (χ0) is 24.5. The summed E-state index contributed by atoms with van der Waals surface area (Å²) in [4.78, 5) is 28.4. The van der Waals surface area contributed by atoms with Gasteiger partial charge in [-0.05, 0) is 41.8 Å². The molecule has 7 heteroatoms. The van der Waals surface area contributed by atoms with Crippen LogP contribution in [-0.4, -0.2) is 29.3 Å². The van der Waals surface area contributed by atoms with Crippen molar-refractivity contribution in [3.8, 4) is 0 Å². The number of carbonyl (C=O) groups is 2. The van der Waals surface area contributed by atoms with Gasteiger partial charge in [-0.25, -0.2) is 4.39 Å². The number of nitrogens with zero attached hydrogens (tertiary/aromatic N) is 1. The third-order valence-electron chi connectivity index (χ3n) is 5.48. The van der Waals surface area contributed by atoms with Gasteiger partial charge >= 0.3 is 0 Å². The average molecular weight is 546 g/mol. The minimum absolute atomic E-state index is 0.127. The molecule has 3 aromatic carbocycles. The number of hydrogen-bond donors (Lipinski definition) is 1. The molecular formula is C27H27BrClFN2O2. The maximum absolute atomic E-state index is 14.5. The van der Waals surface area contributed by atoms with Crippen molar-refractivity contribution in [3.05, 3.63) is 105 Å². The topological polar surface area (TPSA) is 49.4 Å². The van der Waals surface area contributed by atoms with Crippen LogP contribution < -0.4 is 5.32 Å². The van der Waals surface area contributed by atoms with Crippen LogP contribution in [0.5, 0.6) is 0 Å². The van der Waals surface area contributed by atoms with Gasteiger partial charge in [-0.2, -0.15) is 0 Å². The fourth-order valence-corrected chi connectivity index (χ4v) is 4.15. The summed E-state index contributed by atoms with van der Waals surface area (Å²) in [5, 5.41) is 3.12. The Morgan fingerprint density at radius 1 is 1.00 bits per heavy atom. The third kappa shape index (κ3) is 7.15. The monoisotopic (exact) mass is 544 g/mol. The lowest BCUT2D eigenvalue weighted by atomic mass is 10.0. The molecule has 2 amide bonds. The second kappa shape index (κ2) is 12.7. The molecule has 0 heterocycles. The highest BCUT2D eigenvalue weighted by atomic mass is 79.9. The van der Waals surface area contributed by atoms with Gasteiger partial charge in [-0.1, -0.05) is 83.0 Å². The van der Waals surface area contributed by atoms with Gasteiger partial charge in [-0.15, -0.1) is 0 Å². The van der Waals surface area contributed by atoms with Crippen LogP contribution >= 0.6 is 27.5 Å². The van der Waals surface area contributed by atoms with E-state index in [-0.39, 0.29) is 35.4 Å². The molecule has 1 atom stereocenters. The smallest absolute Gasteiger partial charge is 0.243 e. The Bertz CT molecular complexity index is 1090. The Morgan fingerprint density at radius 3 is 2.35 bits per heavy atom. The van der Waals surface area contributed by atoms with Crippen LogP contribution in [-0.2, 0) is 29.0 Å². The SMILES string of the molecule is CCCNC(=O)[C@H](Cc1ccccc1)N(Cc1ccc(Br)cc1)C(=O)Cc1c(F)cccc1Cl. The van der Waals surface area contributed by atoms with Crippen molar-refractivity contribution in [3.63, 3.8) is 0 Å². The first-order valence-electron chi connectivity index (χ1n) is 11.2. The second-order valence-electron chi connectivity index (χ2n) is 8.02. The fraction of sp³-hybridized carbons (Fsp3) is 0.259. The van der Waals surface area contributed by atoms with Crippen LogP contribution in [0.1, 0.15) is 30.0 Å². The Labute approximate surface area is 213 Å². The average Bonchev–Trinajstić information content (AvgIpc) is 2.84. The van der Waals surface area contributed by atoms with Crippen molar-refractivity contribution in [2.45, 2.75) is 38.8 Å². The molecule has 178 valence electrons. The van der Waals surface area contributed by atoms with Gasteiger partial charge in [-0.3, -0.25) is 9.59 Å². The number of rotatable bonds is 10. The molecule has 34 heavy (non-hydrogen) atoms. The van der Waals surface area contributed by atoms with Crippen molar-refractivity contribution in [1.29, 1.82) is 0 Å². The van der Waals surface area contributed by atoms with Gasteiger partial charge < -0.3 is 10.2 Å². The molecule has 3 rings (SSSR count). The Morgan fingerprint density at radius 2 is 1.71 bits per heavy atom. The van der Waals surface area contributed by atoms with Crippen LogP contribution in [0.25, 0.3) is 0 Å². The normalized spacial score (nSPS) is 11.6. The minimum atomic E-state index is -0.768. The predicted molar refractivity (Wildman–Crippen MR) is 137 cm³/mol. The lowest BCUT2D eigenvalue weighted by molar-refractivity contribution is -0.140. The molecule has 3 aromatic rings. The van der Waals surface area contributed by atoms with E-state index in [4.69, 9.17) is 11.6 Å². The van der Waals surface area contributed by atoms with Crippen LogP contribution in [0.15, 0.2) is 77.3 Å². The Balaban J connectivity index is 1.98. The van der Waals surface area contributed by atoms with Crippen LogP contribution in [0.3, 0.4) is 0 Å². The molecule has 0 aromatic heterocycles. The Hall–Kier alpha value is -2.70. The highest BCUT2D eigenvalue weighted by Crippen LogP contribution is 2.23. The molecule has 0 saturated carbocycles. The number of nitrogens with one attached hydrogen (secondary N) is 1. The summed E-state index contributed by atoms with van der Waals surface area (Å²) in [5.41, 5.74) is 1.91. The lowest BCUT2D eigenvalue weighted by Gasteiger charge is -2.32. The van der Waals surface area contributed by atoms with Crippen LogP contribution in [0.4, 0.5) is 4.39 Å². The quantitative estimate of drug-likeness (QED) is 0.342. The van der Waals surface area contributed by atoms with Gasteiger partial charge in [0.05, 0.1) is 6.42 Å². The van der Waals surface area contributed by atoms with E-state index in [1.54, 1.807) is 6.07 Å². The molecule has 4 nitrogen and oxygen atoms in total. The fourth-order valence-electron chi connectivity index (χ4n) is 3.66. The van der Waals surface area contributed by atoms with Crippen LogP contribution in [0, 0.1) is 5.82 Å². The first kappa shape index (κ1) is 25.9. The number of carbonyl (C=O) groups excluding carboxylic acids is 2. The molecule has 0 spiro atoms. The van der Waals surface area contributed by atoms with Gasteiger partial charge in [0.25, 0.3) is 0 Å². The third-order valence-corrected chi connectivity index (χ3v) is 6.36. The summed E-state index contributed by atoms with van der Waals surface area (Å²) in [5.74, 6) is -1.15. The minimum Gasteiger partial charge on any atom is -0.354 e. The summed E-state index contributed by atoms with van der Waals surface area (Å²) in [7, 11) is 0. The summed E-state index contributed by atoms with van der Waals surface area (Å²) in [6.45, 7) is 2.68. The van der Waals surface area contributed by atoms with Gasteiger partial charge in [0, 0.05) is 34.6 Å². The molecule has 0 fully saturated rings. The molecule has 0 unspecified atom stereocenters. The highest BCUT2D eigenvalue weighted by molar-refractivity contribution is 9.10. The van der Waals surface area contributed by atoms with E-state index in [9.17, 15) is 14.0 Å². The van der Waals surface area contributed by atoms with E-state index in [1.807, 2.05) is 61.5 Å². The maximum Gasteiger partial charge on any atom is 0.243 e. The van der Waals surface area contributed by atoms with E-state index in [1.165, 1.54) is 17.0 Å². The highest BCUT2D eigenvalue weighted by Gasteiger charge is 2.31. The summed E-state index contributed by atoms with van der Waals surface area (Å²) in [6, 6.07) is 20.7. The van der Waals surface area contributed by atoms with Crippen molar-refractivity contribution in [1.82, 2.24) is 10.2 Å². The number of benzene rings is 3. The first-order chi connectivity index (χ1) is 16.4. The standard InChI is InChI=1S/C27H27BrClFN2O2/c1-2-15-31-27(34)25(16-19-7-4-3-5-8-19)32(18-20-11-13-21(28)14-12-20)26(33)17-22-23(29)9-6-10-24(22)30/h3-14,25H,2,15-18H2,1H3,(H,31,34)/t25-/m0/s1. The number of hydrogen-bond acceptors (Lipinski definition) is 2. The number of halogens is 3. The van der Waals surface area contributed by atoms with Gasteiger partial charge in [0.1, 0.15) is 11.9 Å². The summed E-state index contributed by atoms with van der Waals surface area (Å²) < 4.78 is 15.4. The zero-order valence-corrected chi connectivity index (χ0v) is 21.3. The Kier molecular flexibility index (Phi) is 9.66. The molecule has 0 radical (unpaired) electrons. The van der Waals surface area contributed by atoms with Gasteiger partial charge in [0.15, 0.2) is 0 Å².